The Morgan fingerprint density at radius 2 is 1.88 bits per heavy atom. The highest BCUT2D eigenvalue weighted by Gasteiger charge is 2.08. The summed E-state index contributed by atoms with van der Waals surface area (Å²) in [5.41, 5.74) is 0. The summed E-state index contributed by atoms with van der Waals surface area (Å²) in [5.74, 6) is 1.27. The smallest absolute Gasteiger partial charge is 0.224 e. The topological polar surface area (TPSA) is 35.0 Å². The van der Waals surface area contributed by atoms with Crippen LogP contribution in [0.1, 0.15) is 5.82 Å². The van der Waals surface area contributed by atoms with Gasteiger partial charge in [-0.25, -0.2) is 4.98 Å². The molecular weight excluding hydrogens is 282 g/mol. The van der Waals surface area contributed by atoms with E-state index in [2.05, 4.69) is 9.97 Å². The Kier molecular flexibility index (Phi) is 3.72. The van der Waals surface area contributed by atoms with Crippen LogP contribution in [0.25, 0.3) is 0 Å². The molecule has 1 aromatic heterocycles. The monoisotopic (exact) mass is 288 g/mol. The minimum absolute atomic E-state index is 0.311. The van der Waals surface area contributed by atoms with Gasteiger partial charge in [0.15, 0.2) is 0 Å². The molecule has 0 aliphatic rings. The third-order valence-corrected chi connectivity index (χ3v) is 2.91. The van der Waals surface area contributed by atoms with Gasteiger partial charge in [0.05, 0.1) is 5.02 Å². The quantitative estimate of drug-likeness (QED) is 0.761. The Morgan fingerprint density at radius 1 is 1.12 bits per heavy atom. The molecule has 3 nitrogen and oxygen atoms in total. The number of nitrogens with zero attached hydrogens (tertiary/aromatic N) is 2. The molecule has 0 saturated carbocycles. The fourth-order valence-corrected chi connectivity index (χ4v) is 1.78. The van der Waals surface area contributed by atoms with E-state index in [9.17, 15) is 0 Å². The molecule has 0 amide bonds. The van der Waals surface area contributed by atoms with Gasteiger partial charge in [-0.15, -0.1) is 0 Å². The predicted octanol–water partition coefficient (Wildman–Crippen LogP) is 4.54. The highest BCUT2D eigenvalue weighted by atomic mass is 35.5. The van der Waals surface area contributed by atoms with Crippen molar-refractivity contribution in [2.45, 2.75) is 6.92 Å². The zero-order chi connectivity index (χ0) is 12.4. The zero-order valence-corrected chi connectivity index (χ0v) is 11.0. The molecule has 17 heavy (non-hydrogen) atoms. The van der Waals surface area contributed by atoms with Gasteiger partial charge in [0.1, 0.15) is 21.7 Å². The van der Waals surface area contributed by atoms with E-state index >= 15 is 0 Å². The molecule has 0 N–H and O–H groups in total. The number of benzene rings is 1. The SMILES string of the molecule is Cc1nc(Cl)cc(Oc2cccc(Cl)c2Cl)n1. The first kappa shape index (κ1) is 12.4. The Bertz CT molecular complexity index is 540. The van der Waals surface area contributed by atoms with Crippen LogP contribution in [0, 0.1) is 6.92 Å². The van der Waals surface area contributed by atoms with E-state index in [-0.39, 0.29) is 0 Å². The summed E-state index contributed by atoms with van der Waals surface area (Å²) < 4.78 is 5.50. The molecule has 1 aromatic carbocycles. The molecule has 2 aromatic rings. The minimum atomic E-state index is 0.311. The second kappa shape index (κ2) is 5.08. The summed E-state index contributed by atoms with van der Waals surface area (Å²) in [7, 11) is 0. The predicted molar refractivity (Wildman–Crippen MR) is 68.3 cm³/mol. The molecule has 6 heteroatoms. The standard InChI is InChI=1S/C11H7Cl3N2O/c1-6-15-9(13)5-10(16-6)17-8-4-2-3-7(12)11(8)14/h2-5H,1H3. The van der Waals surface area contributed by atoms with Gasteiger partial charge in [-0.1, -0.05) is 40.9 Å². The largest absolute Gasteiger partial charge is 0.437 e. The maximum atomic E-state index is 5.99. The lowest BCUT2D eigenvalue weighted by atomic mass is 10.3. The highest BCUT2D eigenvalue weighted by molar-refractivity contribution is 6.42. The van der Waals surface area contributed by atoms with Gasteiger partial charge in [0.25, 0.3) is 0 Å². The first-order valence-electron chi connectivity index (χ1n) is 4.69. The van der Waals surface area contributed by atoms with E-state index in [0.717, 1.165) is 0 Å². The van der Waals surface area contributed by atoms with Crippen molar-refractivity contribution in [2.24, 2.45) is 0 Å². The summed E-state index contributed by atoms with van der Waals surface area (Å²) in [5, 5.41) is 1.06. The van der Waals surface area contributed by atoms with Gasteiger partial charge in [-0.2, -0.15) is 4.98 Å². The Balaban J connectivity index is 2.34. The van der Waals surface area contributed by atoms with Crippen LogP contribution in [0.3, 0.4) is 0 Å². The summed E-state index contributed by atoms with van der Waals surface area (Å²) >= 11 is 17.7. The Morgan fingerprint density at radius 3 is 2.59 bits per heavy atom. The maximum Gasteiger partial charge on any atom is 0.224 e. The molecule has 0 aliphatic carbocycles. The summed E-state index contributed by atoms with van der Waals surface area (Å²) in [6.45, 7) is 1.72. The van der Waals surface area contributed by atoms with Crippen molar-refractivity contribution < 1.29 is 4.74 Å². The van der Waals surface area contributed by atoms with Crippen LogP contribution < -0.4 is 4.74 Å². The molecule has 2 rings (SSSR count). The van der Waals surface area contributed by atoms with Crippen LogP contribution in [0.4, 0.5) is 0 Å². The number of aromatic nitrogens is 2. The van der Waals surface area contributed by atoms with Gasteiger partial charge in [-0.3, -0.25) is 0 Å². The molecule has 0 aliphatic heterocycles. The first-order chi connectivity index (χ1) is 8.06. The Hall–Kier alpha value is -1.03. The molecular formula is C11H7Cl3N2O. The summed E-state index contributed by atoms with van der Waals surface area (Å²) in [4.78, 5) is 8.01. The maximum absolute atomic E-state index is 5.99. The number of aryl methyl sites for hydroxylation is 1. The van der Waals surface area contributed by atoms with E-state index in [1.54, 1.807) is 25.1 Å². The second-order valence-corrected chi connectivity index (χ2v) is 4.40. The molecule has 88 valence electrons. The second-order valence-electron chi connectivity index (χ2n) is 3.23. The van der Waals surface area contributed by atoms with E-state index in [1.165, 1.54) is 6.07 Å². The molecule has 0 spiro atoms. The molecule has 0 atom stereocenters. The van der Waals surface area contributed by atoms with Crippen molar-refractivity contribution in [3.63, 3.8) is 0 Å². The fourth-order valence-electron chi connectivity index (χ4n) is 1.23. The van der Waals surface area contributed by atoms with Crippen molar-refractivity contribution >= 4 is 34.8 Å². The average Bonchev–Trinajstić information content (AvgIpc) is 2.23. The van der Waals surface area contributed by atoms with Crippen molar-refractivity contribution in [1.29, 1.82) is 0 Å². The van der Waals surface area contributed by atoms with Crippen molar-refractivity contribution in [2.75, 3.05) is 0 Å². The summed E-state index contributed by atoms with van der Waals surface area (Å²) in [6, 6.07) is 6.61. The molecule has 0 fully saturated rings. The van der Waals surface area contributed by atoms with Crippen LogP contribution >= 0.6 is 34.8 Å². The lowest BCUT2D eigenvalue weighted by molar-refractivity contribution is 0.460. The van der Waals surface area contributed by atoms with Crippen LogP contribution in [-0.2, 0) is 0 Å². The number of rotatable bonds is 2. The normalized spacial score (nSPS) is 10.4. The first-order valence-corrected chi connectivity index (χ1v) is 5.82. The molecule has 0 bridgehead atoms. The average molecular weight is 290 g/mol. The van der Waals surface area contributed by atoms with E-state index in [1.807, 2.05) is 0 Å². The Labute approximate surface area is 113 Å². The number of ether oxygens (including phenoxy) is 1. The number of hydrogen-bond acceptors (Lipinski definition) is 3. The van der Waals surface area contributed by atoms with Gasteiger partial charge in [0, 0.05) is 6.07 Å². The van der Waals surface area contributed by atoms with Gasteiger partial charge in [-0.05, 0) is 19.1 Å². The molecule has 1 heterocycles. The lowest BCUT2D eigenvalue weighted by Crippen LogP contribution is -1.93. The number of halogens is 3. The molecule has 0 saturated heterocycles. The van der Waals surface area contributed by atoms with Gasteiger partial charge in [0.2, 0.25) is 5.88 Å². The molecule has 0 unspecified atom stereocenters. The van der Waals surface area contributed by atoms with Crippen LogP contribution in [0.5, 0.6) is 11.6 Å². The lowest BCUT2D eigenvalue weighted by Gasteiger charge is -2.07. The van der Waals surface area contributed by atoms with E-state index < -0.39 is 0 Å². The summed E-state index contributed by atoms with van der Waals surface area (Å²) in [6.07, 6.45) is 0. The van der Waals surface area contributed by atoms with Crippen molar-refractivity contribution in [1.82, 2.24) is 9.97 Å². The van der Waals surface area contributed by atoms with Crippen LogP contribution in [0.15, 0.2) is 24.3 Å². The fraction of sp³-hybridized carbons (Fsp3) is 0.0909. The minimum Gasteiger partial charge on any atom is -0.437 e. The van der Waals surface area contributed by atoms with Gasteiger partial charge >= 0.3 is 0 Å². The van der Waals surface area contributed by atoms with Crippen molar-refractivity contribution in [3.8, 4) is 11.6 Å². The highest BCUT2D eigenvalue weighted by Crippen LogP contribution is 2.34. The van der Waals surface area contributed by atoms with Crippen LogP contribution in [-0.4, -0.2) is 9.97 Å². The third kappa shape index (κ3) is 3.00. The van der Waals surface area contributed by atoms with Gasteiger partial charge < -0.3 is 4.74 Å². The number of hydrogen-bond donors (Lipinski definition) is 0. The third-order valence-electron chi connectivity index (χ3n) is 1.91. The zero-order valence-electron chi connectivity index (χ0n) is 8.75. The van der Waals surface area contributed by atoms with Crippen molar-refractivity contribution in [3.05, 3.63) is 45.3 Å². The van der Waals surface area contributed by atoms with E-state index in [4.69, 9.17) is 39.5 Å². The molecule has 0 radical (unpaired) electrons. The van der Waals surface area contributed by atoms with Crippen LogP contribution in [0.2, 0.25) is 15.2 Å². The van der Waals surface area contributed by atoms with E-state index in [0.29, 0.717) is 32.7 Å².